The maximum atomic E-state index is 11.3. The van der Waals surface area contributed by atoms with E-state index in [-0.39, 0.29) is 0 Å². The van der Waals surface area contributed by atoms with Crippen LogP contribution in [0, 0.1) is 3.57 Å². The van der Waals surface area contributed by atoms with Gasteiger partial charge < -0.3 is 13.9 Å². The van der Waals surface area contributed by atoms with Crippen LogP contribution in [0.1, 0.15) is 0 Å². The van der Waals surface area contributed by atoms with Crippen molar-refractivity contribution >= 4 is 33.6 Å². The lowest BCUT2D eigenvalue weighted by molar-refractivity contribution is 0.354. The Kier molecular flexibility index (Phi) is 3.90. The van der Waals surface area contributed by atoms with Gasteiger partial charge in [-0.1, -0.05) is 12.7 Å². The van der Waals surface area contributed by atoms with Crippen molar-refractivity contribution in [3.8, 4) is 11.5 Å². The highest BCUT2D eigenvalue weighted by Gasteiger charge is 2.14. The van der Waals surface area contributed by atoms with Crippen LogP contribution < -0.4 is 15.1 Å². The van der Waals surface area contributed by atoms with E-state index in [1.165, 1.54) is 6.07 Å². The van der Waals surface area contributed by atoms with E-state index in [9.17, 15) is 4.79 Å². The van der Waals surface area contributed by atoms with Crippen molar-refractivity contribution in [3.63, 3.8) is 0 Å². The van der Waals surface area contributed by atoms with Gasteiger partial charge in [0, 0.05) is 12.1 Å². The summed E-state index contributed by atoms with van der Waals surface area (Å²) in [6.07, 6.45) is 1.65. The first kappa shape index (κ1) is 12.9. The minimum absolute atomic E-state index is 0.377. The lowest BCUT2D eigenvalue weighted by Gasteiger charge is -2.11. The maximum Gasteiger partial charge on any atom is 0.336 e. The molecule has 0 atom stereocenters. The van der Waals surface area contributed by atoms with Crippen LogP contribution in [0.2, 0.25) is 0 Å². The predicted octanol–water partition coefficient (Wildman–Crippen LogP) is 2.97. The van der Waals surface area contributed by atoms with Gasteiger partial charge in [0.05, 0.1) is 16.1 Å². The molecule has 1 heterocycles. The van der Waals surface area contributed by atoms with E-state index in [0.29, 0.717) is 23.7 Å². The van der Waals surface area contributed by atoms with Crippen molar-refractivity contribution in [1.82, 2.24) is 0 Å². The molecule has 1 aromatic carbocycles. The predicted molar refractivity (Wildman–Crippen MR) is 77.4 cm³/mol. The van der Waals surface area contributed by atoms with Crippen LogP contribution in [0.5, 0.6) is 11.5 Å². The van der Waals surface area contributed by atoms with Gasteiger partial charge in [-0.2, -0.15) is 0 Å². The first-order chi connectivity index (χ1) is 8.67. The Morgan fingerprint density at radius 1 is 1.44 bits per heavy atom. The van der Waals surface area contributed by atoms with Gasteiger partial charge in [-0.05, 0) is 28.7 Å². The van der Waals surface area contributed by atoms with Gasteiger partial charge in [0.2, 0.25) is 0 Å². The SMILES string of the molecule is C=CCOc1cc(OC)c2ccc(=O)oc2c1I. The third-order valence-corrected chi connectivity index (χ3v) is 3.37. The highest BCUT2D eigenvalue weighted by atomic mass is 127. The molecule has 5 heteroatoms. The molecule has 94 valence electrons. The van der Waals surface area contributed by atoms with Crippen LogP contribution in [0.15, 0.2) is 40.1 Å². The molecule has 0 bridgehead atoms. The Morgan fingerprint density at radius 2 is 2.22 bits per heavy atom. The number of ether oxygens (including phenoxy) is 2. The second-order valence-corrected chi connectivity index (χ2v) is 4.57. The van der Waals surface area contributed by atoms with E-state index >= 15 is 0 Å². The summed E-state index contributed by atoms with van der Waals surface area (Å²) in [5.74, 6) is 1.21. The fourth-order valence-electron chi connectivity index (χ4n) is 1.57. The summed E-state index contributed by atoms with van der Waals surface area (Å²) in [5, 5.41) is 0.743. The van der Waals surface area contributed by atoms with Crippen LogP contribution in [0.25, 0.3) is 11.0 Å². The Bertz CT molecular complexity index is 645. The molecule has 0 saturated carbocycles. The fourth-order valence-corrected chi connectivity index (χ4v) is 2.28. The number of halogens is 1. The molecule has 0 saturated heterocycles. The van der Waals surface area contributed by atoms with E-state index in [2.05, 4.69) is 29.2 Å². The van der Waals surface area contributed by atoms with Crippen molar-refractivity contribution in [3.05, 3.63) is 44.8 Å². The highest BCUT2D eigenvalue weighted by Crippen LogP contribution is 2.35. The molecule has 4 nitrogen and oxygen atoms in total. The standard InChI is InChI=1S/C13H11IO4/c1-3-6-17-10-7-9(16-2)8-4-5-11(15)18-13(8)12(10)14/h3-5,7H,1,6H2,2H3. The maximum absolute atomic E-state index is 11.3. The molecule has 2 aromatic rings. The number of methoxy groups -OCH3 is 1. The second-order valence-electron chi connectivity index (χ2n) is 3.49. The minimum atomic E-state index is -0.400. The number of hydrogen-bond acceptors (Lipinski definition) is 4. The second kappa shape index (κ2) is 5.43. The van der Waals surface area contributed by atoms with E-state index in [1.807, 2.05) is 0 Å². The zero-order valence-electron chi connectivity index (χ0n) is 9.73. The molecular weight excluding hydrogens is 347 g/mol. The van der Waals surface area contributed by atoms with Gasteiger partial charge in [-0.25, -0.2) is 4.79 Å². The van der Waals surface area contributed by atoms with Crippen LogP contribution in [0.4, 0.5) is 0 Å². The molecule has 0 aliphatic carbocycles. The molecule has 0 aliphatic rings. The molecule has 18 heavy (non-hydrogen) atoms. The largest absolute Gasteiger partial charge is 0.496 e. The van der Waals surface area contributed by atoms with Gasteiger partial charge in [-0.15, -0.1) is 0 Å². The molecule has 0 aliphatic heterocycles. The molecule has 0 spiro atoms. The third kappa shape index (κ3) is 2.35. The average molecular weight is 358 g/mol. The van der Waals surface area contributed by atoms with E-state index < -0.39 is 5.63 Å². The molecular formula is C13H11IO4. The number of hydrogen-bond donors (Lipinski definition) is 0. The van der Waals surface area contributed by atoms with Crippen LogP contribution in [-0.4, -0.2) is 13.7 Å². The first-order valence-electron chi connectivity index (χ1n) is 5.21. The Balaban J connectivity index is 2.70. The van der Waals surface area contributed by atoms with Crippen LogP contribution in [-0.2, 0) is 0 Å². The number of rotatable bonds is 4. The van der Waals surface area contributed by atoms with Gasteiger partial charge in [-0.3, -0.25) is 0 Å². The lowest BCUT2D eigenvalue weighted by Crippen LogP contribution is -2.01. The fraction of sp³-hybridized carbons (Fsp3) is 0.154. The van der Waals surface area contributed by atoms with Gasteiger partial charge >= 0.3 is 5.63 Å². The van der Waals surface area contributed by atoms with Crippen molar-refractivity contribution in [2.45, 2.75) is 0 Å². The summed E-state index contributed by atoms with van der Waals surface area (Å²) in [6.45, 7) is 3.97. The highest BCUT2D eigenvalue weighted by molar-refractivity contribution is 14.1. The molecule has 0 radical (unpaired) electrons. The van der Waals surface area contributed by atoms with E-state index in [4.69, 9.17) is 13.9 Å². The third-order valence-electron chi connectivity index (χ3n) is 2.35. The van der Waals surface area contributed by atoms with Gasteiger partial charge in [0.15, 0.2) is 5.58 Å². The van der Waals surface area contributed by atoms with E-state index in [1.54, 1.807) is 25.3 Å². The van der Waals surface area contributed by atoms with Gasteiger partial charge in [0.1, 0.15) is 18.1 Å². The Morgan fingerprint density at radius 3 is 2.89 bits per heavy atom. The first-order valence-corrected chi connectivity index (χ1v) is 6.29. The van der Waals surface area contributed by atoms with Crippen LogP contribution >= 0.6 is 22.6 Å². The molecule has 0 N–H and O–H groups in total. The molecule has 0 amide bonds. The molecule has 1 aromatic heterocycles. The topological polar surface area (TPSA) is 48.7 Å². The Hall–Kier alpha value is -1.50. The smallest absolute Gasteiger partial charge is 0.336 e. The molecule has 0 unspecified atom stereocenters. The molecule has 0 fully saturated rings. The number of benzene rings is 1. The monoisotopic (exact) mass is 358 g/mol. The van der Waals surface area contributed by atoms with Gasteiger partial charge in [0.25, 0.3) is 0 Å². The zero-order valence-corrected chi connectivity index (χ0v) is 11.9. The summed E-state index contributed by atoms with van der Waals surface area (Å²) in [7, 11) is 1.56. The Labute approximate surface area is 117 Å². The summed E-state index contributed by atoms with van der Waals surface area (Å²) < 4.78 is 16.7. The number of fused-ring (bicyclic) bond motifs is 1. The lowest BCUT2D eigenvalue weighted by atomic mass is 10.2. The zero-order chi connectivity index (χ0) is 13.1. The molecule has 2 rings (SSSR count). The van der Waals surface area contributed by atoms with Crippen molar-refractivity contribution < 1.29 is 13.9 Å². The minimum Gasteiger partial charge on any atom is -0.496 e. The van der Waals surface area contributed by atoms with Crippen LogP contribution in [0.3, 0.4) is 0 Å². The summed E-state index contributed by atoms with van der Waals surface area (Å²) in [5.41, 5.74) is 0.0739. The van der Waals surface area contributed by atoms with Crippen molar-refractivity contribution in [2.24, 2.45) is 0 Å². The normalized spacial score (nSPS) is 10.3. The summed E-state index contributed by atoms with van der Waals surface area (Å²) >= 11 is 2.08. The quantitative estimate of drug-likeness (QED) is 0.479. The van der Waals surface area contributed by atoms with E-state index in [0.717, 1.165) is 8.96 Å². The summed E-state index contributed by atoms with van der Waals surface area (Å²) in [4.78, 5) is 11.3. The van der Waals surface area contributed by atoms with Crippen molar-refractivity contribution in [2.75, 3.05) is 13.7 Å². The summed E-state index contributed by atoms with van der Waals surface area (Å²) in [6, 6.07) is 4.82. The average Bonchev–Trinajstić information content (AvgIpc) is 2.38. The van der Waals surface area contributed by atoms with Crippen molar-refractivity contribution in [1.29, 1.82) is 0 Å².